The van der Waals surface area contributed by atoms with Crippen molar-refractivity contribution in [2.45, 2.75) is 51.4 Å². The van der Waals surface area contributed by atoms with Crippen molar-refractivity contribution in [2.24, 2.45) is 7.05 Å². The smallest absolute Gasteiger partial charge is 0.320 e. The maximum absolute atomic E-state index is 12.3. The van der Waals surface area contributed by atoms with Gasteiger partial charge in [-0.1, -0.05) is 43.2 Å². The number of rotatable bonds is 5. The van der Waals surface area contributed by atoms with Gasteiger partial charge < -0.3 is 10.1 Å². The number of hydrogen-bond acceptors (Lipinski definition) is 3. The van der Waals surface area contributed by atoms with Crippen molar-refractivity contribution in [1.82, 2.24) is 15.1 Å². The highest BCUT2D eigenvalue weighted by molar-refractivity contribution is 5.88. The lowest BCUT2D eigenvalue weighted by Crippen LogP contribution is -2.47. The molecule has 134 valence electrons. The lowest BCUT2D eigenvalue weighted by molar-refractivity contribution is -0.00224. The molecule has 0 saturated heterocycles. The van der Waals surface area contributed by atoms with Gasteiger partial charge in [0.15, 0.2) is 0 Å². The van der Waals surface area contributed by atoms with Crippen LogP contribution in [0.15, 0.2) is 36.4 Å². The van der Waals surface area contributed by atoms with E-state index in [0.29, 0.717) is 12.4 Å². The van der Waals surface area contributed by atoms with Crippen molar-refractivity contribution in [3.63, 3.8) is 0 Å². The first-order chi connectivity index (χ1) is 12.1. The number of nitrogens with one attached hydrogen (secondary N) is 2. The molecule has 2 atom stereocenters. The summed E-state index contributed by atoms with van der Waals surface area (Å²) in [5.41, 5.74) is 2.03. The van der Waals surface area contributed by atoms with Gasteiger partial charge in [-0.05, 0) is 25.3 Å². The third kappa shape index (κ3) is 4.82. The Hall–Kier alpha value is -2.34. The molecule has 0 aliphatic heterocycles. The predicted octanol–water partition coefficient (Wildman–Crippen LogP) is 3.38. The fourth-order valence-corrected chi connectivity index (χ4v) is 3.29. The van der Waals surface area contributed by atoms with Crippen LogP contribution in [0.4, 0.5) is 10.6 Å². The molecule has 2 unspecified atom stereocenters. The minimum atomic E-state index is -0.205. The van der Waals surface area contributed by atoms with Gasteiger partial charge in [-0.25, -0.2) is 4.79 Å². The molecule has 1 aromatic heterocycles. The zero-order valence-electron chi connectivity index (χ0n) is 14.9. The number of aryl methyl sites for hydroxylation is 2. The molecule has 1 aliphatic rings. The van der Waals surface area contributed by atoms with E-state index >= 15 is 0 Å². The van der Waals surface area contributed by atoms with E-state index in [2.05, 4.69) is 27.9 Å². The van der Waals surface area contributed by atoms with Gasteiger partial charge in [0, 0.05) is 13.1 Å². The Morgan fingerprint density at radius 1 is 1.28 bits per heavy atom. The number of anilines is 1. The largest absolute Gasteiger partial charge is 0.371 e. The van der Waals surface area contributed by atoms with Crippen LogP contribution in [-0.2, 0) is 18.4 Å². The van der Waals surface area contributed by atoms with Gasteiger partial charge in [0.2, 0.25) is 0 Å². The minimum absolute atomic E-state index is 0.0341. The molecule has 1 saturated carbocycles. The molecule has 0 radical (unpaired) electrons. The number of aromatic nitrogens is 2. The molecular weight excluding hydrogens is 316 g/mol. The number of nitrogens with zero attached hydrogens (tertiary/aromatic N) is 2. The molecule has 6 nitrogen and oxygen atoms in total. The molecule has 0 bridgehead atoms. The standard InChI is InChI=1S/C19H26N4O2/c1-14-12-18(23(2)22-14)21-19(24)20-16-10-6-7-11-17(16)25-13-15-8-4-3-5-9-15/h3-5,8-9,12,16-17H,6-7,10-11,13H2,1-2H3,(H2,20,21,24). The van der Waals surface area contributed by atoms with E-state index in [1.54, 1.807) is 4.68 Å². The molecule has 2 amide bonds. The third-order valence-electron chi connectivity index (χ3n) is 4.57. The third-order valence-corrected chi connectivity index (χ3v) is 4.57. The van der Waals surface area contributed by atoms with Crippen molar-refractivity contribution < 1.29 is 9.53 Å². The quantitative estimate of drug-likeness (QED) is 0.875. The van der Waals surface area contributed by atoms with Crippen molar-refractivity contribution in [1.29, 1.82) is 0 Å². The summed E-state index contributed by atoms with van der Waals surface area (Å²) in [6, 6.07) is 11.8. The maximum Gasteiger partial charge on any atom is 0.320 e. The van der Waals surface area contributed by atoms with E-state index in [4.69, 9.17) is 4.74 Å². The Morgan fingerprint density at radius 3 is 2.76 bits per heavy atom. The van der Waals surface area contributed by atoms with Gasteiger partial charge in [0.05, 0.1) is 24.4 Å². The summed E-state index contributed by atoms with van der Waals surface area (Å²) in [6.07, 6.45) is 4.22. The number of benzene rings is 1. The van der Waals surface area contributed by atoms with Gasteiger partial charge in [0.25, 0.3) is 0 Å². The highest BCUT2D eigenvalue weighted by Gasteiger charge is 2.27. The molecule has 25 heavy (non-hydrogen) atoms. The van der Waals surface area contributed by atoms with Gasteiger partial charge in [0.1, 0.15) is 5.82 Å². The fourth-order valence-electron chi connectivity index (χ4n) is 3.29. The van der Waals surface area contributed by atoms with E-state index in [1.807, 2.05) is 38.2 Å². The highest BCUT2D eigenvalue weighted by Crippen LogP contribution is 2.22. The molecule has 2 aromatic rings. The number of carbonyl (C=O) groups excluding carboxylic acids is 1. The molecule has 6 heteroatoms. The van der Waals surface area contributed by atoms with Crippen molar-refractivity contribution in [3.8, 4) is 0 Å². The molecule has 2 N–H and O–H groups in total. The van der Waals surface area contributed by atoms with E-state index in [-0.39, 0.29) is 18.2 Å². The van der Waals surface area contributed by atoms with Crippen LogP contribution >= 0.6 is 0 Å². The molecule has 3 rings (SSSR count). The van der Waals surface area contributed by atoms with Crippen LogP contribution in [0.3, 0.4) is 0 Å². The average molecular weight is 342 g/mol. The van der Waals surface area contributed by atoms with Crippen molar-refractivity contribution in [2.75, 3.05) is 5.32 Å². The second-order valence-corrected chi connectivity index (χ2v) is 6.62. The monoisotopic (exact) mass is 342 g/mol. The van der Waals surface area contributed by atoms with E-state index < -0.39 is 0 Å². The van der Waals surface area contributed by atoms with Crippen molar-refractivity contribution in [3.05, 3.63) is 47.7 Å². The number of hydrogen-bond donors (Lipinski definition) is 2. The van der Waals surface area contributed by atoms with E-state index in [0.717, 1.165) is 36.9 Å². The van der Waals surface area contributed by atoms with E-state index in [1.165, 1.54) is 0 Å². The van der Waals surface area contributed by atoms with Crippen LogP contribution in [0.5, 0.6) is 0 Å². The molecular formula is C19H26N4O2. The first kappa shape index (κ1) is 17.5. The Balaban J connectivity index is 1.55. The number of amides is 2. The number of urea groups is 1. The molecule has 0 spiro atoms. The Kier molecular flexibility index (Phi) is 5.71. The van der Waals surface area contributed by atoms with Gasteiger partial charge in [-0.15, -0.1) is 0 Å². The van der Waals surface area contributed by atoms with Crippen LogP contribution < -0.4 is 10.6 Å². The molecule has 1 heterocycles. The Labute approximate surface area is 148 Å². The SMILES string of the molecule is Cc1cc(NC(=O)NC2CCCCC2OCc2ccccc2)n(C)n1. The highest BCUT2D eigenvalue weighted by atomic mass is 16.5. The summed E-state index contributed by atoms with van der Waals surface area (Å²) >= 11 is 0. The fraction of sp³-hybridized carbons (Fsp3) is 0.474. The Morgan fingerprint density at radius 2 is 2.04 bits per heavy atom. The number of ether oxygens (including phenoxy) is 1. The first-order valence-corrected chi connectivity index (χ1v) is 8.85. The summed E-state index contributed by atoms with van der Waals surface area (Å²) in [6.45, 7) is 2.48. The molecule has 1 aliphatic carbocycles. The second-order valence-electron chi connectivity index (χ2n) is 6.62. The topological polar surface area (TPSA) is 68.2 Å². The second kappa shape index (κ2) is 8.16. The van der Waals surface area contributed by atoms with Crippen LogP contribution in [-0.4, -0.2) is 28.0 Å². The summed E-state index contributed by atoms with van der Waals surface area (Å²) in [7, 11) is 1.81. The normalized spacial score (nSPS) is 20.2. The van der Waals surface area contributed by atoms with E-state index in [9.17, 15) is 4.79 Å². The zero-order valence-corrected chi connectivity index (χ0v) is 14.9. The summed E-state index contributed by atoms with van der Waals surface area (Å²) in [4.78, 5) is 12.3. The summed E-state index contributed by atoms with van der Waals surface area (Å²) in [5, 5.41) is 10.2. The van der Waals surface area contributed by atoms with Crippen LogP contribution in [0.1, 0.15) is 36.9 Å². The first-order valence-electron chi connectivity index (χ1n) is 8.85. The van der Waals surface area contributed by atoms with Crippen molar-refractivity contribution >= 4 is 11.8 Å². The Bertz CT molecular complexity index is 699. The minimum Gasteiger partial charge on any atom is -0.371 e. The van der Waals surface area contributed by atoms with Gasteiger partial charge in [-0.2, -0.15) is 5.10 Å². The number of carbonyl (C=O) groups is 1. The van der Waals surface area contributed by atoms with Crippen LogP contribution in [0.2, 0.25) is 0 Å². The average Bonchev–Trinajstić information content (AvgIpc) is 2.92. The molecule has 1 fully saturated rings. The van der Waals surface area contributed by atoms with Gasteiger partial charge >= 0.3 is 6.03 Å². The van der Waals surface area contributed by atoms with Gasteiger partial charge in [-0.3, -0.25) is 10.00 Å². The summed E-state index contributed by atoms with van der Waals surface area (Å²) < 4.78 is 7.77. The lowest BCUT2D eigenvalue weighted by atomic mass is 9.92. The predicted molar refractivity (Wildman–Crippen MR) is 97.4 cm³/mol. The van der Waals surface area contributed by atoms with Crippen LogP contribution in [0, 0.1) is 6.92 Å². The summed E-state index contributed by atoms with van der Waals surface area (Å²) in [5.74, 6) is 0.688. The van der Waals surface area contributed by atoms with Crippen LogP contribution in [0.25, 0.3) is 0 Å². The maximum atomic E-state index is 12.3. The lowest BCUT2D eigenvalue weighted by Gasteiger charge is -2.32. The molecule has 1 aromatic carbocycles. The zero-order chi connectivity index (χ0) is 17.6.